The Morgan fingerprint density at radius 1 is 1.35 bits per heavy atom. The maximum Gasteiger partial charge on any atom is 0.0504 e. The van der Waals surface area contributed by atoms with E-state index < -0.39 is 0 Å². The van der Waals surface area contributed by atoms with Crippen LogP contribution in [-0.2, 0) is 0 Å². The van der Waals surface area contributed by atoms with Gasteiger partial charge < -0.3 is 10.0 Å². The van der Waals surface area contributed by atoms with Crippen LogP contribution < -0.4 is 4.90 Å². The number of aliphatic hydroxyl groups excluding tert-OH is 1. The van der Waals surface area contributed by atoms with Crippen LogP contribution in [0.1, 0.15) is 45.1 Å². The molecule has 0 heterocycles. The quantitative estimate of drug-likeness (QED) is 0.877. The summed E-state index contributed by atoms with van der Waals surface area (Å²) in [5.74, 6) is 0.742. The van der Waals surface area contributed by atoms with Crippen molar-refractivity contribution in [1.29, 1.82) is 0 Å². The van der Waals surface area contributed by atoms with Gasteiger partial charge in [-0.25, -0.2) is 0 Å². The molecule has 1 aliphatic rings. The number of aryl methyl sites for hydroxylation is 1. The number of benzene rings is 1. The van der Waals surface area contributed by atoms with Crippen molar-refractivity contribution in [1.82, 2.24) is 0 Å². The van der Waals surface area contributed by atoms with Crippen molar-refractivity contribution in [3.8, 4) is 0 Å². The van der Waals surface area contributed by atoms with Gasteiger partial charge in [-0.15, -0.1) is 0 Å². The number of para-hydroxylation sites is 1. The molecule has 0 aliphatic heterocycles. The monoisotopic (exact) mass is 275 g/mol. The molecule has 2 heteroatoms. The molecule has 112 valence electrons. The summed E-state index contributed by atoms with van der Waals surface area (Å²) >= 11 is 0. The predicted molar refractivity (Wildman–Crippen MR) is 86.2 cm³/mol. The minimum atomic E-state index is 0.0932. The lowest BCUT2D eigenvalue weighted by Crippen LogP contribution is -2.43. The van der Waals surface area contributed by atoms with Gasteiger partial charge >= 0.3 is 0 Å². The summed E-state index contributed by atoms with van der Waals surface area (Å²) in [6.45, 7) is 9.01. The van der Waals surface area contributed by atoms with Crippen LogP contribution in [0, 0.1) is 18.3 Å². The summed E-state index contributed by atoms with van der Waals surface area (Å²) in [6, 6.07) is 8.58. The second-order valence-electron chi connectivity index (χ2n) is 6.66. The lowest BCUT2D eigenvalue weighted by molar-refractivity contribution is 0.0667. The highest BCUT2D eigenvalue weighted by Crippen LogP contribution is 2.40. The summed E-state index contributed by atoms with van der Waals surface area (Å²) in [4.78, 5) is 2.45. The van der Waals surface area contributed by atoms with Crippen LogP contribution in [0.5, 0.6) is 0 Å². The fraction of sp³-hybridized carbons (Fsp3) is 0.667. The molecule has 0 radical (unpaired) electrons. The Balaban J connectivity index is 2.18. The minimum absolute atomic E-state index is 0.0932. The molecule has 20 heavy (non-hydrogen) atoms. The lowest BCUT2D eigenvalue weighted by Gasteiger charge is -2.43. The van der Waals surface area contributed by atoms with E-state index in [4.69, 9.17) is 0 Å². The fourth-order valence-electron chi connectivity index (χ4n) is 3.80. The molecule has 1 fully saturated rings. The second kappa shape index (κ2) is 6.62. The van der Waals surface area contributed by atoms with Crippen LogP contribution in [0.2, 0.25) is 0 Å². The summed E-state index contributed by atoms with van der Waals surface area (Å²) in [7, 11) is 0. The van der Waals surface area contributed by atoms with Crippen LogP contribution in [-0.4, -0.2) is 24.8 Å². The summed E-state index contributed by atoms with van der Waals surface area (Å²) < 4.78 is 0. The average molecular weight is 275 g/mol. The van der Waals surface area contributed by atoms with Gasteiger partial charge in [-0.3, -0.25) is 0 Å². The van der Waals surface area contributed by atoms with Crippen LogP contribution in [0.15, 0.2) is 24.3 Å². The molecule has 2 rings (SSSR count). The van der Waals surface area contributed by atoms with Crippen LogP contribution in [0.3, 0.4) is 0 Å². The van der Waals surface area contributed by atoms with Gasteiger partial charge in [0.15, 0.2) is 0 Å². The third kappa shape index (κ3) is 3.35. The number of nitrogens with zero attached hydrogens (tertiary/aromatic N) is 1. The van der Waals surface area contributed by atoms with E-state index in [9.17, 15) is 5.11 Å². The molecule has 1 aliphatic carbocycles. The first-order valence-electron chi connectivity index (χ1n) is 8.01. The molecular weight excluding hydrogens is 246 g/mol. The molecule has 2 atom stereocenters. The molecule has 2 nitrogen and oxygen atoms in total. The van der Waals surface area contributed by atoms with Gasteiger partial charge in [-0.1, -0.05) is 38.0 Å². The van der Waals surface area contributed by atoms with Crippen LogP contribution in [0.25, 0.3) is 0 Å². The Hall–Kier alpha value is -1.02. The largest absolute Gasteiger partial charge is 0.396 e. The predicted octanol–water partition coefficient (Wildman–Crippen LogP) is 4.01. The molecule has 0 bridgehead atoms. The summed E-state index contributed by atoms with van der Waals surface area (Å²) in [5, 5.41) is 9.99. The Labute approximate surface area is 123 Å². The first kappa shape index (κ1) is 15.4. The van der Waals surface area contributed by atoms with Crippen LogP contribution in [0.4, 0.5) is 5.69 Å². The van der Waals surface area contributed by atoms with Crippen molar-refractivity contribution >= 4 is 5.69 Å². The zero-order valence-electron chi connectivity index (χ0n) is 13.2. The zero-order chi connectivity index (χ0) is 14.6. The second-order valence-corrected chi connectivity index (χ2v) is 6.66. The SMILES string of the molecule is CCN(CC1(CO)CCCC(C)C1)c1ccccc1C. The standard InChI is InChI=1S/C18H29NO/c1-4-19(17-10-6-5-9-16(17)3)13-18(14-20)11-7-8-15(2)12-18/h5-6,9-10,15,20H,4,7-8,11-14H2,1-3H3. The maximum atomic E-state index is 9.99. The highest BCUT2D eigenvalue weighted by molar-refractivity contribution is 5.53. The van der Waals surface area contributed by atoms with E-state index in [1.165, 1.54) is 24.1 Å². The molecule has 0 spiro atoms. The molecule has 1 aromatic rings. The van der Waals surface area contributed by atoms with Gasteiger partial charge in [0.1, 0.15) is 0 Å². The molecule has 1 saturated carbocycles. The van der Waals surface area contributed by atoms with Crippen molar-refractivity contribution < 1.29 is 5.11 Å². The number of rotatable bonds is 5. The topological polar surface area (TPSA) is 23.5 Å². The summed E-state index contributed by atoms with van der Waals surface area (Å²) in [5.41, 5.74) is 2.74. The molecule has 0 saturated heterocycles. The van der Waals surface area contributed by atoms with Crippen molar-refractivity contribution in [3.05, 3.63) is 29.8 Å². The molecule has 0 aromatic heterocycles. The molecular formula is C18H29NO. The van der Waals surface area contributed by atoms with Gasteiger partial charge in [0, 0.05) is 24.2 Å². The number of hydrogen-bond donors (Lipinski definition) is 1. The zero-order valence-corrected chi connectivity index (χ0v) is 13.2. The van der Waals surface area contributed by atoms with E-state index in [-0.39, 0.29) is 5.41 Å². The van der Waals surface area contributed by atoms with E-state index in [0.29, 0.717) is 6.61 Å². The first-order chi connectivity index (χ1) is 9.60. The number of hydrogen-bond acceptors (Lipinski definition) is 2. The number of anilines is 1. The normalized spacial score (nSPS) is 26.5. The minimum Gasteiger partial charge on any atom is -0.396 e. The van der Waals surface area contributed by atoms with E-state index in [2.05, 4.69) is 49.9 Å². The molecule has 1 aromatic carbocycles. The van der Waals surface area contributed by atoms with E-state index >= 15 is 0 Å². The summed E-state index contributed by atoms with van der Waals surface area (Å²) in [6.07, 6.45) is 4.90. The smallest absolute Gasteiger partial charge is 0.0504 e. The Kier molecular flexibility index (Phi) is 5.09. The van der Waals surface area contributed by atoms with Gasteiger partial charge in [0.05, 0.1) is 6.61 Å². The highest BCUT2D eigenvalue weighted by atomic mass is 16.3. The van der Waals surface area contributed by atoms with Crippen molar-refractivity contribution in [2.75, 3.05) is 24.6 Å². The highest BCUT2D eigenvalue weighted by Gasteiger charge is 2.36. The number of aliphatic hydroxyl groups is 1. The van der Waals surface area contributed by atoms with Crippen molar-refractivity contribution in [3.63, 3.8) is 0 Å². The van der Waals surface area contributed by atoms with Gasteiger partial charge in [-0.2, -0.15) is 0 Å². The third-order valence-corrected chi connectivity index (χ3v) is 4.89. The first-order valence-corrected chi connectivity index (χ1v) is 8.01. The average Bonchev–Trinajstić information content (AvgIpc) is 2.46. The fourth-order valence-corrected chi connectivity index (χ4v) is 3.80. The lowest BCUT2D eigenvalue weighted by atomic mass is 9.70. The molecule has 0 amide bonds. The third-order valence-electron chi connectivity index (χ3n) is 4.89. The van der Waals surface area contributed by atoms with Gasteiger partial charge in [0.2, 0.25) is 0 Å². The Morgan fingerprint density at radius 3 is 2.70 bits per heavy atom. The van der Waals surface area contributed by atoms with Gasteiger partial charge in [0.25, 0.3) is 0 Å². The van der Waals surface area contributed by atoms with Gasteiger partial charge in [-0.05, 0) is 44.2 Å². The van der Waals surface area contributed by atoms with E-state index in [0.717, 1.165) is 31.8 Å². The van der Waals surface area contributed by atoms with Crippen LogP contribution >= 0.6 is 0 Å². The van der Waals surface area contributed by atoms with E-state index in [1.807, 2.05) is 0 Å². The Bertz CT molecular complexity index is 431. The van der Waals surface area contributed by atoms with Crippen molar-refractivity contribution in [2.45, 2.75) is 46.5 Å². The van der Waals surface area contributed by atoms with E-state index in [1.54, 1.807) is 0 Å². The maximum absolute atomic E-state index is 9.99. The molecule has 2 unspecified atom stereocenters. The Morgan fingerprint density at radius 2 is 2.10 bits per heavy atom. The van der Waals surface area contributed by atoms with Crippen molar-refractivity contribution in [2.24, 2.45) is 11.3 Å². The molecule has 1 N–H and O–H groups in total.